The Labute approximate surface area is 182 Å². The van der Waals surface area contributed by atoms with Crippen LogP contribution in [0.4, 0.5) is 0 Å². The first kappa shape index (κ1) is 19.8. The molecule has 0 bridgehead atoms. The predicted octanol–water partition coefficient (Wildman–Crippen LogP) is 3.48. The van der Waals surface area contributed by atoms with Gasteiger partial charge in [-0.05, 0) is 18.6 Å². The summed E-state index contributed by atoms with van der Waals surface area (Å²) in [4.78, 5) is 36.2. The second-order valence-corrected chi connectivity index (χ2v) is 8.41. The number of ketones is 2. The number of fused-ring (bicyclic) bond motifs is 1. The van der Waals surface area contributed by atoms with Crippen LogP contribution in [0.15, 0.2) is 73.1 Å². The molecule has 0 amide bonds. The highest BCUT2D eigenvalue weighted by Gasteiger charge is 2.58. The molecule has 2 heterocycles. The van der Waals surface area contributed by atoms with Gasteiger partial charge in [0.1, 0.15) is 0 Å². The van der Waals surface area contributed by atoms with Crippen molar-refractivity contribution in [2.45, 2.75) is 19.0 Å². The minimum atomic E-state index is -1.31. The van der Waals surface area contributed by atoms with E-state index in [-0.39, 0.29) is 11.6 Å². The maximum Gasteiger partial charge on any atom is 0.196 e. The van der Waals surface area contributed by atoms with Crippen molar-refractivity contribution in [2.24, 2.45) is 0 Å². The lowest BCUT2D eigenvalue weighted by Crippen LogP contribution is -2.60. The average molecular weight is 412 g/mol. The lowest BCUT2D eigenvalue weighted by atomic mass is 9.83. The van der Waals surface area contributed by atoms with Crippen molar-refractivity contribution in [3.63, 3.8) is 0 Å². The standard InChI is InChI=1S/C26H25N3O2/c1-19-6-4-7-20(16-19)18-28-12-14-29(15-13-28)26(21-8-5-11-27-17-21)24(30)22-9-2-3-10-23(22)25(26)31/h2-11,16-17H,12-15,18H2,1H3. The van der Waals surface area contributed by atoms with Gasteiger partial charge in [0.15, 0.2) is 17.1 Å². The van der Waals surface area contributed by atoms with Gasteiger partial charge in [-0.3, -0.25) is 24.4 Å². The fourth-order valence-corrected chi connectivity index (χ4v) is 4.99. The number of pyridine rings is 1. The molecule has 156 valence electrons. The number of hydrogen-bond donors (Lipinski definition) is 0. The zero-order valence-corrected chi connectivity index (χ0v) is 17.6. The summed E-state index contributed by atoms with van der Waals surface area (Å²) in [6.07, 6.45) is 3.34. The van der Waals surface area contributed by atoms with Crippen LogP contribution in [-0.4, -0.2) is 52.5 Å². The molecule has 1 saturated heterocycles. The lowest BCUT2D eigenvalue weighted by molar-refractivity contribution is 0.0278. The minimum absolute atomic E-state index is 0.131. The van der Waals surface area contributed by atoms with E-state index in [1.807, 2.05) is 18.2 Å². The van der Waals surface area contributed by atoms with Crippen LogP contribution in [-0.2, 0) is 12.1 Å². The highest BCUT2D eigenvalue weighted by Crippen LogP contribution is 2.42. The molecule has 5 nitrogen and oxygen atoms in total. The fourth-order valence-electron chi connectivity index (χ4n) is 4.99. The molecule has 0 atom stereocenters. The number of aryl methyl sites for hydroxylation is 1. The number of benzene rings is 2. The normalized spacial score (nSPS) is 18.9. The van der Waals surface area contributed by atoms with Crippen molar-refractivity contribution in [3.05, 3.63) is 101 Å². The van der Waals surface area contributed by atoms with Crippen molar-refractivity contribution in [1.82, 2.24) is 14.8 Å². The van der Waals surface area contributed by atoms with E-state index < -0.39 is 5.54 Å². The molecule has 0 saturated carbocycles. The molecule has 1 aliphatic carbocycles. The van der Waals surface area contributed by atoms with Crippen molar-refractivity contribution in [1.29, 1.82) is 0 Å². The molecule has 5 heteroatoms. The summed E-state index contributed by atoms with van der Waals surface area (Å²) < 4.78 is 0. The van der Waals surface area contributed by atoms with Gasteiger partial charge in [0, 0.05) is 61.8 Å². The third kappa shape index (κ3) is 3.21. The molecule has 2 aliphatic rings. The Bertz CT molecular complexity index is 1100. The lowest BCUT2D eigenvalue weighted by Gasteiger charge is -2.43. The van der Waals surface area contributed by atoms with Gasteiger partial charge in [-0.15, -0.1) is 0 Å². The minimum Gasteiger partial charge on any atom is -0.297 e. The third-order valence-corrected chi connectivity index (χ3v) is 6.49. The van der Waals surface area contributed by atoms with Gasteiger partial charge in [0.25, 0.3) is 0 Å². The van der Waals surface area contributed by atoms with E-state index in [9.17, 15) is 9.59 Å². The van der Waals surface area contributed by atoms with Crippen molar-refractivity contribution >= 4 is 11.6 Å². The molecule has 0 N–H and O–H groups in total. The fraction of sp³-hybridized carbons (Fsp3) is 0.269. The Morgan fingerprint density at radius 2 is 1.58 bits per heavy atom. The molecule has 0 radical (unpaired) electrons. The Morgan fingerprint density at radius 3 is 2.19 bits per heavy atom. The van der Waals surface area contributed by atoms with Crippen molar-refractivity contribution < 1.29 is 9.59 Å². The summed E-state index contributed by atoms with van der Waals surface area (Å²) in [7, 11) is 0. The maximum atomic E-state index is 13.7. The first-order chi connectivity index (χ1) is 15.1. The number of carbonyl (C=O) groups excluding carboxylic acids is 2. The van der Waals surface area contributed by atoms with Gasteiger partial charge in [0.05, 0.1) is 0 Å². The van der Waals surface area contributed by atoms with Gasteiger partial charge >= 0.3 is 0 Å². The van der Waals surface area contributed by atoms with Gasteiger partial charge < -0.3 is 0 Å². The van der Waals surface area contributed by atoms with Crippen LogP contribution in [0.1, 0.15) is 37.4 Å². The number of Topliss-reactive ketones (excluding diaryl/α,β-unsaturated/α-hetero) is 2. The summed E-state index contributed by atoms with van der Waals surface area (Å²) >= 11 is 0. The van der Waals surface area contributed by atoms with E-state index in [4.69, 9.17) is 0 Å². The van der Waals surface area contributed by atoms with Gasteiger partial charge in [0.2, 0.25) is 0 Å². The molecule has 1 fully saturated rings. The summed E-state index contributed by atoms with van der Waals surface area (Å²) in [5, 5.41) is 0. The Kier molecular flexibility index (Phi) is 5.00. The predicted molar refractivity (Wildman–Crippen MR) is 119 cm³/mol. The molecule has 1 aromatic heterocycles. The molecule has 0 unspecified atom stereocenters. The molecular weight excluding hydrogens is 386 g/mol. The highest BCUT2D eigenvalue weighted by atomic mass is 16.2. The topological polar surface area (TPSA) is 53.5 Å². The largest absolute Gasteiger partial charge is 0.297 e. The second kappa shape index (κ2) is 7.84. The quantitative estimate of drug-likeness (QED) is 0.616. The summed E-state index contributed by atoms with van der Waals surface area (Å²) in [6, 6.07) is 19.4. The van der Waals surface area contributed by atoms with Gasteiger partial charge in [-0.2, -0.15) is 0 Å². The van der Waals surface area contributed by atoms with E-state index in [0.717, 1.165) is 19.6 Å². The van der Waals surface area contributed by atoms with E-state index >= 15 is 0 Å². The third-order valence-electron chi connectivity index (χ3n) is 6.49. The van der Waals surface area contributed by atoms with Crippen LogP contribution in [0.2, 0.25) is 0 Å². The molecule has 0 spiro atoms. The number of aromatic nitrogens is 1. The van der Waals surface area contributed by atoms with Crippen molar-refractivity contribution in [2.75, 3.05) is 26.2 Å². The summed E-state index contributed by atoms with van der Waals surface area (Å²) in [5.41, 5.74) is 2.92. The second-order valence-electron chi connectivity index (χ2n) is 8.41. The smallest absolute Gasteiger partial charge is 0.196 e. The molecule has 1 aliphatic heterocycles. The Hall–Kier alpha value is -3.15. The number of piperazine rings is 1. The SMILES string of the molecule is Cc1cccc(CN2CCN(C3(c4cccnc4)C(=O)c4ccccc4C3=O)CC2)c1. The summed E-state index contributed by atoms with van der Waals surface area (Å²) in [5.74, 6) is -0.263. The Morgan fingerprint density at radius 1 is 0.871 bits per heavy atom. The first-order valence-corrected chi connectivity index (χ1v) is 10.7. The van der Waals surface area contributed by atoms with Crippen LogP contribution in [0.25, 0.3) is 0 Å². The monoisotopic (exact) mass is 411 g/mol. The number of nitrogens with zero attached hydrogens (tertiary/aromatic N) is 3. The van der Waals surface area contributed by atoms with E-state index in [1.54, 1.807) is 30.6 Å². The van der Waals surface area contributed by atoms with Gasteiger partial charge in [-0.25, -0.2) is 0 Å². The first-order valence-electron chi connectivity index (χ1n) is 10.7. The molecule has 31 heavy (non-hydrogen) atoms. The molecular formula is C26H25N3O2. The molecule has 3 aromatic rings. The van der Waals surface area contributed by atoms with Crippen LogP contribution in [0.3, 0.4) is 0 Å². The number of rotatable bonds is 4. The van der Waals surface area contributed by atoms with Crippen LogP contribution < -0.4 is 0 Å². The van der Waals surface area contributed by atoms with Crippen LogP contribution >= 0.6 is 0 Å². The zero-order valence-electron chi connectivity index (χ0n) is 17.6. The average Bonchev–Trinajstić information content (AvgIpc) is 3.03. The Balaban J connectivity index is 1.45. The van der Waals surface area contributed by atoms with E-state index in [2.05, 4.69) is 46.0 Å². The number of hydrogen-bond acceptors (Lipinski definition) is 5. The molecule has 2 aromatic carbocycles. The van der Waals surface area contributed by atoms with E-state index in [0.29, 0.717) is 29.8 Å². The summed E-state index contributed by atoms with van der Waals surface area (Å²) in [6.45, 7) is 5.86. The maximum absolute atomic E-state index is 13.7. The highest BCUT2D eigenvalue weighted by molar-refractivity contribution is 6.32. The van der Waals surface area contributed by atoms with Crippen LogP contribution in [0, 0.1) is 6.92 Å². The van der Waals surface area contributed by atoms with Gasteiger partial charge in [-0.1, -0.05) is 60.2 Å². The van der Waals surface area contributed by atoms with E-state index in [1.165, 1.54) is 11.1 Å². The zero-order chi connectivity index (χ0) is 21.4. The van der Waals surface area contributed by atoms with Crippen molar-refractivity contribution in [3.8, 4) is 0 Å². The van der Waals surface area contributed by atoms with Crippen LogP contribution in [0.5, 0.6) is 0 Å². The number of carbonyl (C=O) groups is 2. The molecule has 5 rings (SSSR count).